The zero-order valence-electron chi connectivity index (χ0n) is 8.67. The summed E-state index contributed by atoms with van der Waals surface area (Å²) in [6.45, 7) is 1.28. The molecule has 0 aromatic heterocycles. The highest BCUT2D eigenvalue weighted by Crippen LogP contribution is 2.20. The molecule has 0 bridgehead atoms. The van der Waals surface area contributed by atoms with Crippen molar-refractivity contribution in [2.45, 2.75) is 51.0 Å². The van der Waals surface area contributed by atoms with Gasteiger partial charge in [0, 0.05) is 12.5 Å². The first kappa shape index (κ1) is 10.7. The average molecular weight is 183 g/mol. The molecule has 0 aromatic carbocycles. The zero-order valence-corrected chi connectivity index (χ0v) is 8.67. The second-order valence-corrected chi connectivity index (χ2v) is 4.08. The minimum absolute atomic E-state index is 0.751. The number of nitrogens with zero attached hydrogens (tertiary/aromatic N) is 1. The summed E-state index contributed by atoms with van der Waals surface area (Å²) in [6, 6.07) is 0.830. The molecule has 1 rings (SSSR count). The summed E-state index contributed by atoms with van der Waals surface area (Å²) in [6.07, 6.45) is 9.46. The smallest absolute Gasteiger partial charge is 0.119 e. The van der Waals surface area contributed by atoms with Crippen LogP contribution >= 0.6 is 0 Å². The maximum Gasteiger partial charge on any atom is 0.119 e. The predicted octanol–water partition coefficient (Wildman–Crippen LogP) is 2.23. The summed E-state index contributed by atoms with van der Waals surface area (Å²) in [5.41, 5.74) is 0. The van der Waals surface area contributed by atoms with Crippen molar-refractivity contribution in [3.63, 3.8) is 0 Å². The molecule has 0 radical (unpaired) electrons. The minimum Gasteiger partial charge on any atom is -0.303 e. The van der Waals surface area contributed by atoms with Crippen LogP contribution in [0.4, 0.5) is 0 Å². The Kier molecular flexibility index (Phi) is 5.06. The van der Waals surface area contributed by atoms with Gasteiger partial charge in [0.2, 0.25) is 0 Å². The Morgan fingerprint density at radius 3 is 2.85 bits per heavy atom. The van der Waals surface area contributed by atoms with E-state index in [2.05, 4.69) is 11.9 Å². The van der Waals surface area contributed by atoms with Gasteiger partial charge in [-0.15, -0.1) is 0 Å². The number of hydrogen-bond donors (Lipinski definition) is 0. The van der Waals surface area contributed by atoms with Gasteiger partial charge in [-0.3, -0.25) is 0 Å². The Balaban J connectivity index is 1.95. The lowest BCUT2D eigenvalue weighted by Gasteiger charge is -2.18. The molecule has 1 atom stereocenters. The van der Waals surface area contributed by atoms with Crippen LogP contribution in [0.5, 0.6) is 0 Å². The Hall–Kier alpha value is -0.370. The second-order valence-electron chi connectivity index (χ2n) is 4.08. The Labute approximate surface area is 81.3 Å². The number of hydrogen-bond acceptors (Lipinski definition) is 2. The lowest BCUT2D eigenvalue weighted by molar-refractivity contribution is -0.107. The normalized spacial score (nSPS) is 23.6. The molecule has 1 heterocycles. The van der Waals surface area contributed by atoms with Crippen molar-refractivity contribution in [2.24, 2.45) is 0 Å². The van der Waals surface area contributed by atoms with Crippen molar-refractivity contribution in [3.05, 3.63) is 0 Å². The Morgan fingerprint density at radius 2 is 2.23 bits per heavy atom. The van der Waals surface area contributed by atoms with Gasteiger partial charge < -0.3 is 9.69 Å². The van der Waals surface area contributed by atoms with E-state index in [0.717, 1.165) is 25.2 Å². The number of rotatable bonds is 6. The monoisotopic (exact) mass is 183 g/mol. The third kappa shape index (κ3) is 3.90. The van der Waals surface area contributed by atoms with E-state index in [-0.39, 0.29) is 0 Å². The fourth-order valence-corrected chi connectivity index (χ4v) is 2.13. The average Bonchev–Trinajstić information content (AvgIpc) is 2.52. The zero-order chi connectivity index (χ0) is 9.52. The molecule has 0 aromatic rings. The third-order valence-electron chi connectivity index (χ3n) is 3.03. The minimum atomic E-state index is 0.751. The highest BCUT2D eigenvalue weighted by atomic mass is 16.1. The van der Waals surface area contributed by atoms with Gasteiger partial charge >= 0.3 is 0 Å². The SMILES string of the molecule is CN1CCCC1CCCCCC=O. The predicted molar refractivity (Wildman–Crippen MR) is 54.8 cm³/mol. The summed E-state index contributed by atoms with van der Waals surface area (Å²) in [5, 5.41) is 0. The van der Waals surface area contributed by atoms with E-state index in [1.54, 1.807) is 0 Å². The number of unbranched alkanes of at least 4 members (excludes halogenated alkanes) is 3. The lowest BCUT2D eigenvalue weighted by atomic mass is 10.1. The van der Waals surface area contributed by atoms with Crippen LogP contribution in [0.3, 0.4) is 0 Å². The summed E-state index contributed by atoms with van der Waals surface area (Å²) in [4.78, 5) is 12.5. The van der Waals surface area contributed by atoms with Crippen molar-refractivity contribution in [3.8, 4) is 0 Å². The van der Waals surface area contributed by atoms with Gasteiger partial charge in [-0.2, -0.15) is 0 Å². The van der Waals surface area contributed by atoms with Crippen LogP contribution in [-0.4, -0.2) is 30.8 Å². The number of carbonyl (C=O) groups is 1. The van der Waals surface area contributed by atoms with Gasteiger partial charge in [0.1, 0.15) is 6.29 Å². The van der Waals surface area contributed by atoms with Gasteiger partial charge in [-0.25, -0.2) is 0 Å². The highest BCUT2D eigenvalue weighted by Gasteiger charge is 2.19. The van der Waals surface area contributed by atoms with Crippen molar-refractivity contribution in [1.29, 1.82) is 0 Å². The molecule has 13 heavy (non-hydrogen) atoms. The van der Waals surface area contributed by atoms with Gasteiger partial charge in [-0.1, -0.05) is 12.8 Å². The molecule has 0 spiro atoms. The van der Waals surface area contributed by atoms with E-state index in [9.17, 15) is 4.79 Å². The molecule has 1 unspecified atom stereocenters. The molecule has 1 fully saturated rings. The van der Waals surface area contributed by atoms with Crippen LogP contribution in [0, 0.1) is 0 Å². The van der Waals surface area contributed by atoms with Crippen molar-refractivity contribution in [1.82, 2.24) is 4.90 Å². The van der Waals surface area contributed by atoms with Crippen LogP contribution in [0.15, 0.2) is 0 Å². The first-order valence-electron chi connectivity index (χ1n) is 5.48. The van der Waals surface area contributed by atoms with Gasteiger partial charge in [0.15, 0.2) is 0 Å². The van der Waals surface area contributed by atoms with Crippen LogP contribution in [0.25, 0.3) is 0 Å². The van der Waals surface area contributed by atoms with Crippen LogP contribution < -0.4 is 0 Å². The molecule has 0 amide bonds. The highest BCUT2D eigenvalue weighted by molar-refractivity contribution is 5.48. The molecule has 76 valence electrons. The van der Waals surface area contributed by atoms with E-state index in [1.807, 2.05) is 0 Å². The fraction of sp³-hybridized carbons (Fsp3) is 0.909. The lowest BCUT2D eigenvalue weighted by Crippen LogP contribution is -2.24. The van der Waals surface area contributed by atoms with E-state index in [1.165, 1.54) is 38.6 Å². The summed E-state index contributed by atoms with van der Waals surface area (Å²) < 4.78 is 0. The quantitative estimate of drug-likeness (QED) is 0.465. The van der Waals surface area contributed by atoms with Crippen LogP contribution in [-0.2, 0) is 4.79 Å². The number of likely N-dealkylation sites (tertiary alicyclic amines) is 1. The molecule has 0 N–H and O–H groups in total. The largest absolute Gasteiger partial charge is 0.303 e. The topological polar surface area (TPSA) is 20.3 Å². The van der Waals surface area contributed by atoms with Gasteiger partial charge in [-0.05, 0) is 39.3 Å². The third-order valence-corrected chi connectivity index (χ3v) is 3.03. The van der Waals surface area contributed by atoms with Crippen molar-refractivity contribution >= 4 is 6.29 Å². The molecule has 0 saturated carbocycles. The van der Waals surface area contributed by atoms with Crippen LogP contribution in [0.1, 0.15) is 44.9 Å². The summed E-state index contributed by atoms with van der Waals surface area (Å²) >= 11 is 0. The first-order valence-corrected chi connectivity index (χ1v) is 5.48. The van der Waals surface area contributed by atoms with E-state index in [4.69, 9.17) is 0 Å². The summed E-state index contributed by atoms with van der Waals surface area (Å²) in [5.74, 6) is 0. The molecule has 1 saturated heterocycles. The molecule has 0 aliphatic carbocycles. The first-order chi connectivity index (χ1) is 6.34. The standard InChI is InChI=1S/C11H21NO/c1-12-9-6-8-11(12)7-4-2-3-5-10-13/h10-11H,2-9H2,1H3. The molecule has 1 aliphatic rings. The maximum absolute atomic E-state index is 10.1. The molecule has 2 heteroatoms. The van der Waals surface area contributed by atoms with E-state index in [0.29, 0.717) is 0 Å². The van der Waals surface area contributed by atoms with Gasteiger partial charge in [0.05, 0.1) is 0 Å². The van der Waals surface area contributed by atoms with Crippen molar-refractivity contribution in [2.75, 3.05) is 13.6 Å². The van der Waals surface area contributed by atoms with E-state index < -0.39 is 0 Å². The molecular formula is C11H21NO. The van der Waals surface area contributed by atoms with E-state index >= 15 is 0 Å². The molecule has 2 nitrogen and oxygen atoms in total. The Bertz CT molecular complexity index is 147. The fourth-order valence-electron chi connectivity index (χ4n) is 2.13. The molecular weight excluding hydrogens is 162 g/mol. The maximum atomic E-state index is 10.1. The van der Waals surface area contributed by atoms with Crippen LogP contribution in [0.2, 0.25) is 0 Å². The second kappa shape index (κ2) is 6.14. The summed E-state index contributed by atoms with van der Waals surface area (Å²) in [7, 11) is 2.23. The number of aldehydes is 1. The number of carbonyl (C=O) groups excluding carboxylic acids is 1. The molecule has 1 aliphatic heterocycles. The van der Waals surface area contributed by atoms with Gasteiger partial charge in [0.25, 0.3) is 0 Å². The Morgan fingerprint density at radius 1 is 1.38 bits per heavy atom. The van der Waals surface area contributed by atoms with Crippen molar-refractivity contribution < 1.29 is 4.79 Å².